The van der Waals surface area contributed by atoms with E-state index in [4.69, 9.17) is 0 Å². The van der Waals surface area contributed by atoms with Gasteiger partial charge in [0.25, 0.3) is 5.56 Å². The second-order valence-electron chi connectivity index (χ2n) is 3.81. The van der Waals surface area contributed by atoms with Crippen molar-refractivity contribution < 1.29 is 4.79 Å². The summed E-state index contributed by atoms with van der Waals surface area (Å²) in [5.74, 6) is -0.0765. The average molecular weight is 317 g/mol. The van der Waals surface area contributed by atoms with Crippen molar-refractivity contribution in [1.82, 2.24) is 15.1 Å². The second kappa shape index (κ2) is 7.15. The summed E-state index contributed by atoms with van der Waals surface area (Å²) >= 11 is 3.26. The number of carbonyl (C=O) groups is 1. The van der Waals surface area contributed by atoms with Gasteiger partial charge in [0, 0.05) is 26.6 Å². The van der Waals surface area contributed by atoms with Gasteiger partial charge >= 0.3 is 0 Å². The standard InChI is InChI=1S/C11H17BrN4O2/c1-3-6-16-11(18)10(12)9(7-15-16)14-5-4-13-8(2)17/h7,14H,3-6H2,1-2H3,(H,13,17). The molecule has 0 unspecified atom stereocenters. The van der Waals surface area contributed by atoms with Gasteiger partial charge in [0.05, 0.1) is 11.9 Å². The molecule has 18 heavy (non-hydrogen) atoms. The number of aryl methyl sites for hydroxylation is 1. The van der Waals surface area contributed by atoms with Crippen LogP contribution in [0.1, 0.15) is 20.3 Å². The first kappa shape index (κ1) is 14.7. The molecule has 0 radical (unpaired) electrons. The summed E-state index contributed by atoms with van der Waals surface area (Å²) in [6.45, 7) is 5.09. The van der Waals surface area contributed by atoms with E-state index in [1.165, 1.54) is 11.6 Å². The molecule has 0 aromatic carbocycles. The quantitative estimate of drug-likeness (QED) is 0.767. The van der Waals surface area contributed by atoms with Crippen LogP contribution in [0.3, 0.4) is 0 Å². The normalized spacial score (nSPS) is 10.2. The third-order valence-electron chi connectivity index (χ3n) is 2.23. The molecule has 1 aromatic heterocycles. The Bertz CT molecular complexity index is 473. The van der Waals surface area contributed by atoms with Crippen molar-refractivity contribution >= 4 is 27.5 Å². The third kappa shape index (κ3) is 4.14. The number of rotatable bonds is 6. The number of aromatic nitrogens is 2. The van der Waals surface area contributed by atoms with Gasteiger partial charge < -0.3 is 10.6 Å². The summed E-state index contributed by atoms with van der Waals surface area (Å²) in [5, 5.41) is 9.77. The van der Waals surface area contributed by atoms with E-state index in [2.05, 4.69) is 31.7 Å². The van der Waals surface area contributed by atoms with Crippen LogP contribution < -0.4 is 16.2 Å². The van der Waals surface area contributed by atoms with Crippen LogP contribution in [-0.2, 0) is 11.3 Å². The van der Waals surface area contributed by atoms with Crippen LogP contribution in [-0.4, -0.2) is 28.8 Å². The molecule has 0 aliphatic heterocycles. The van der Waals surface area contributed by atoms with E-state index in [0.717, 1.165) is 6.42 Å². The fourth-order valence-corrected chi connectivity index (χ4v) is 1.84. The van der Waals surface area contributed by atoms with Crippen molar-refractivity contribution in [3.8, 4) is 0 Å². The van der Waals surface area contributed by atoms with Gasteiger partial charge in [-0.3, -0.25) is 9.59 Å². The van der Waals surface area contributed by atoms with Crippen LogP contribution in [0.25, 0.3) is 0 Å². The lowest BCUT2D eigenvalue weighted by molar-refractivity contribution is -0.118. The van der Waals surface area contributed by atoms with Crippen LogP contribution in [0, 0.1) is 0 Å². The van der Waals surface area contributed by atoms with Crippen LogP contribution in [0.15, 0.2) is 15.5 Å². The first-order valence-electron chi connectivity index (χ1n) is 5.80. The Kier molecular flexibility index (Phi) is 5.84. The molecule has 0 atom stereocenters. The zero-order valence-electron chi connectivity index (χ0n) is 10.5. The van der Waals surface area contributed by atoms with Crippen molar-refractivity contribution in [3.63, 3.8) is 0 Å². The zero-order chi connectivity index (χ0) is 13.5. The maximum atomic E-state index is 11.9. The highest BCUT2D eigenvalue weighted by Crippen LogP contribution is 2.15. The van der Waals surface area contributed by atoms with E-state index in [1.807, 2.05) is 6.92 Å². The van der Waals surface area contributed by atoms with Crippen molar-refractivity contribution in [1.29, 1.82) is 0 Å². The van der Waals surface area contributed by atoms with E-state index in [1.54, 1.807) is 6.20 Å². The molecule has 6 nitrogen and oxygen atoms in total. The highest BCUT2D eigenvalue weighted by Gasteiger charge is 2.07. The Hall–Kier alpha value is -1.37. The summed E-state index contributed by atoms with van der Waals surface area (Å²) in [5.41, 5.74) is 0.485. The first-order chi connectivity index (χ1) is 8.56. The number of nitrogens with one attached hydrogen (secondary N) is 2. The van der Waals surface area contributed by atoms with Crippen molar-refractivity contribution in [2.24, 2.45) is 0 Å². The number of nitrogens with zero attached hydrogens (tertiary/aromatic N) is 2. The van der Waals surface area contributed by atoms with Gasteiger partial charge in [-0.15, -0.1) is 0 Å². The highest BCUT2D eigenvalue weighted by atomic mass is 79.9. The molecule has 0 bridgehead atoms. The molecule has 0 spiro atoms. The predicted molar refractivity (Wildman–Crippen MR) is 73.7 cm³/mol. The largest absolute Gasteiger partial charge is 0.381 e. The first-order valence-corrected chi connectivity index (χ1v) is 6.59. The summed E-state index contributed by atoms with van der Waals surface area (Å²) < 4.78 is 1.89. The highest BCUT2D eigenvalue weighted by molar-refractivity contribution is 9.10. The SMILES string of the molecule is CCCn1ncc(NCCNC(C)=O)c(Br)c1=O. The van der Waals surface area contributed by atoms with E-state index in [-0.39, 0.29) is 11.5 Å². The molecule has 1 aromatic rings. The number of hydrogen-bond donors (Lipinski definition) is 2. The molecule has 7 heteroatoms. The van der Waals surface area contributed by atoms with Gasteiger partial charge in [-0.05, 0) is 22.4 Å². The Morgan fingerprint density at radius 3 is 2.83 bits per heavy atom. The smallest absolute Gasteiger partial charge is 0.283 e. The number of halogens is 1. The number of carbonyl (C=O) groups excluding carboxylic acids is 1. The lowest BCUT2D eigenvalue weighted by Crippen LogP contribution is -2.28. The second-order valence-corrected chi connectivity index (χ2v) is 4.60. The molecule has 0 fully saturated rings. The molecule has 0 aliphatic carbocycles. The predicted octanol–water partition coefficient (Wildman–Crippen LogP) is 0.964. The Labute approximate surface area is 114 Å². The van der Waals surface area contributed by atoms with Crippen LogP contribution in [0.4, 0.5) is 5.69 Å². The van der Waals surface area contributed by atoms with Crippen molar-refractivity contribution in [2.45, 2.75) is 26.8 Å². The summed E-state index contributed by atoms with van der Waals surface area (Å²) in [7, 11) is 0. The minimum absolute atomic E-state index is 0.0765. The Morgan fingerprint density at radius 1 is 1.50 bits per heavy atom. The third-order valence-corrected chi connectivity index (χ3v) is 3.00. The topological polar surface area (TPSA) is 76.0 Å². The van der Waals surface area contributed by atoms with E-state index in [9.17, 15) is 9.59 Å². The molecule has 100 valence electrons. The minimum Gasteiger partial charge on any atom is -0.381 e. The molecule has 1 rings (SSSR count). The molecular weight excluding hydrogens is 300 g/mol. The lowest BCUT2D eigenvalue weighted by Gasteiger charge is -2.10. The average Bonchev–Trinajstić information content (AvgIpc) is 2.33. The van der Waals surface area contributed by atoms with Gasteiger partial charge in [0.1, 0.15) is 4.47 Å². The van der Waals surface area contributed by atoms with Gasteiger partial charge in [-0.1, -0.05) is 6.92 Å². The Morgan fingerprint density at radius 2 is 2.22 bits per heavy atom. The van der Waals surface area contributed by atoms with E-state index >= 15 is 0 Å². The summed E-state index contributed by atoms with van der Waals surface area (Å²) in [6, 6.07) is 0. The van der Waals surface area contributed by atoms with Crippen molar-refractivity contribution in [3.05, 3.63) is 21.0 Å². The van der Waals surface area contributed by atoms with E-state index < -0.39 is 0 Å². The number of hydrogen-bond acceptors (Lipinski definition) is 4. The minimum atomic E-state index is -0.152. The number of anilines is 1. The van der Waals surface area contributed by atoms with Gasteiger partial charge in [0.2, 0.25) is 5.91 Å². The maximum absolute atomic E-state index is 11.9. The lowest BCUT2D eigenvalue weighted by atomic mass is 10.4. The fraction of sp³-hybridized carbons (Fsp3) is 0.545. The monoisotopic (exact) mass is 316 g/mol. The number of amides is 1. The molecule has 0 aliphatic rings. The van der Waals surface area contributed by atoms with Crippen LogP contribution in [0.2, 0.25) is 0 Å². The molecule has 0 saturated carbocycles. The maximum Gasteiger partial charge on any atom is 0.283 e. The molecule has 2 N–H and O–H groups in total. The molecular formula is C11H17BrN4O2. The fourth-order valence-electron chi connectivity index (χ4n) is 1.40. The summed E-state index contributed by atoms with van der Waals surface area (Å²) in [6.07, 6.45) is 2.46. The molecule has 0 saturated heterocycles. The van der Waals surface area contributed by atoms with Gasteiger partial charge in [0.15, 0.2) is 0 Å². The molecule has 1 amide bonds. The molecule has 1 heterocycles. The van der Waals surface area contributed by atoms with Gasteiger partial charge in [-0.2, -0.15) is 5.10 Å². The summed E-state index contributed by atoms with van der Waals surface area (Å²) in [4.78, 5) is 22.5. The van der Waals surface area contributed by atoms with E-state index in [0.29, 0.717) is 29.8 Å². The van der Waals surface area contributed by atoms with Crippen molar-refractivity contribution in [2.75, 3.05) is 18.4 Å². The van der Waals surface area contributed by atoms with Crippen LogP contribution in [0.5, 0.6) is 0 Å². The zero-order valence-corrected chi connectivity index (χ0v) is 12.1. The van der Waals surface area contributed by atoms with Gasteiger partial charge in [-0.25, -0.2) is 4.68 Å². The van der Waals surface area contributed by atoms with Crippen LogP contribution >= 0.6 is 15.9 Å². The Balaban J connectivity index is 2.65.